The van der Waals surface area contributed by atoms with Crippen LogP contribution in [0.4, 0.5) is 17.6 Å². The Labute approximate surface area is 198 Å². The van der Waals surface area contributed by atoms with Crippen molar-refractivity contribution in [2.45, 2.75) is 33.1 Å². The zero-order chi connectivity index (χ0) is 24.0. The number of hydrogen-bond donors (Lipinski definition) is 2. The summed E-state index contributed by atoms with van der Waals surface area (Å²) in [5.41, 5.74) is 6.04. The Morgan fingerprint density at radius 1 is 0.971 bits per heavy atom. The molecule has 0 saturated heterocycles. The topological polar surface area (TPSA) is 93.4 Å². The lowest BCUT2D eigenvalue weighted by atomic mass is 9.92. The minimum absolute atomic E-state index is 0.0382. The highest BCUT2D eigenvalue weighted by Gasteiger charge is 2.20. The van der Waals surface area contributed by atoms with Crippen LogP contribution in [0.5, 0.6) is 0 Å². The summed E-state index contributed by atoms with van der Waals surface area (Å²) in [7, 11) is 3.75. The molecular formula is C26H28N8. The number of nitrogens with one attached hydrogen (secondary N) is 2. The predicted molar refractivity (Wildman–Crippen MR) is 138 cm³/mol. The van der Waals surface area contributed by atoms with Crippen LogP contribution in [0.3, 0.4) is 0 Å². The van der Waals surface area contributed by atoms with Crippen LogP contribution in [0.15, 0.2) is 48.9 Å². The molecule has 34 heavy (non-hydrogen) atoms. The summed E-state index contributed by atoms with van der Waals surface area (Å²) in [4.78, 5) is 18.1. The number of benzene rings is 2. The van der Waals surface area contributed by atoms with Crippen LogP contribution in [0.1, 0.15) is 32.0 Å². The van der Waals surface area contributed by atoms with E-state index in [1.54, 1.807) is 6.33 Å². The van der Waals surface area contributed by atoms with Crippen molar-refractivity contribution in [2.24, 2.45) is 7.05 Å². The summed E-state index contributed by atoms with van der Waals surface area (Å²) >= 11 is 0. The van der Waals surface area contributed by atoms with Crippen molar-refractivity contribution in [3.8, 4) is 11.1 Å². The molecule has 172 valence electrons. The van der Waals surface area contributed by atoms with Crippen LogP contribution in [-0.4, -0.2) is 36.8 Å². The first-order valence-corrected chi connectivity index (χ1v) is 11.3. The number of rotatable bonds is 4. The maximum atomic E-state index is 4.68. The zero-order valence-corrected chi connectivity index (χ0v) is 20.3. The molecule has 5 rings (SSSR count). The number of aromatic nitrogens is 6. The lowest BCUT2D eigenvalue weighted by Gasteiger charge is -2.14. The van der Waals surface area contributed by atoms with E-state index < -0.39 is 0 Å². The Hall–Kier alpha value is -4.07. The Morgan fingerprint density at radius 2 is 1.79 bits per heavy atom. The summed E-state index contributed by atoms with van der Waals surface area (Å²) in [6.45, 7) is 8.57. The maximum Gasteiger partial charge on any atom is 0.222 e. The summed E-state index contributed by atoms with van der Waals surface area (Å²) in [6.07, 6.45) is 3.45. The first kappa shape index (κ1) is 21.8. The van der Waals surface area contributed by atoms with Gasteiger partial charge in [0.1, 0.15) is 18.0 Å². The van der Waals surface area contributed by atoms with E-state index in [9.17, 15) is 0 Å². The lowest BCUT2D eigenvalue weighted by Crippen LogP contribution is -2.12. The molecule has 0 spiro atoms. The summed E-state index contributed by atoms with van der Waals surface area (Å²) in [5.74, 6) is 2.24. The number of nitrogens with zero attached hydrogens (tertiary/aromatic N) is 6. The van der Waals surface area contributed by atoms with Crippen molar-refractivity contribution in [1.82, 2.24) is 29.7 Å². The second-order valence-electron chi connectivity index (χ2n) is 9.51. The van der Waals surface area contributed by atoms with E-state index in [4.69, 9.17) is 0 Å². The summed E-state index contributed by atoms with van der Waals surface area (Å²) < 4.78 is 1.85. The third-order valence-electron chi connectivity index (χ3n) is 6.00. The Balaban J connectivity index is 1.62. The van der Waals surface area contributed by atoms with Gasteiger partial charge in [-0.1, -0.05) is 32.9 Å². The van der Waals surface area contributed by atoms with Gasteiger partial charge in [-0.05, 0) is 36.2 Å². The van der Waals surface area contributed by atoms with Crippen LogP contribution in [0.2, 0.25) is 0 Å². The second kappa shape index (κ2) is 8.06. The molecule has 0 saturated carbocycles. The molecule has 2 aromatic carbocycles. The second-order valence-corrected chi connectivity index (χ2v) is 9.51. The molecule has 8 nitrogen and oxygen atoms in total. The third-order valence-corrected chi connectivity index (χ3v) is 6.00. The molecular weight excluding hydrogens is 424 g/mol. The molecule has 0 bridgehead atoms. The van der Waals surface area contributed by atoms with E-state index in [2.05, 4.69) is 93.7 Å². The molecule has 3 aromatic heterocycles. The monoisotopic (exact) mass is 452 g/mol. The fraction of sp³-hybridized carbons (Fsp3) is 0.269. The summed E-state index contributed by atoms with van der Waals surface area (Å²) in [6, 6.07) is 12.5. The van der Waals surface area contributed by atoms with E-state index in [1.807, 2.05) is 31.0 Å². The van der Waals surface area contributed by atoms with Crippen molar-refractivity contribution in [1.29, 1.82) is 0 Å². The molecule has 0 radical (unpaired) electrons. The zero-order valence-electron chi connectivity index (χ0n) is 20.3. The average Bonchev–Trinajstić information content (AvgIpc) is 3.19. The van der Waals surface area contributed by atoms with Gasteiger partial charge in [0.25, 0.3) is 0 Å². The van der Waals surface area contributed by atoms with E-state index in [-0.39, 0.29) is 5.41 Å². The van der Waals surface area contributed by atoms with Gasteiger partial charge in [0.05, 0.1) is 16.7 Å². The van der Waals surface area contributed by atoms with Gasteiger partial charge < -0.3 is 10.6 Å². The molecule has 0 fully saturated rings. The molecule has 0 aliphatic heterocycles. The van der Waals surface area contributed by atoms with E-state index in [1.165, 1.54) is 0 Å². The smallest absolute Gasteiger partial charge is 0.222 e. The fourth-order valence-electron chi connectivity index (χ4n) is 4.08. The molecule has 5 aromatic rings. The Bertz CT molecular complexity index is 1530. The Kier molecular flexibility index (Phi) is 5.16. The van der Waals surface area contributed by atoms with Crippen LogP contribution in [-0.2, 0) is 12.5 Å². The van der Waals surface area contributed by atoms with Crippen LogP contribution < -0.4 is 10.6 Å². The molecule has 0 amide bonds. The molecule has 8 heteroatoms. The number of hydrogen-bond acceptors (Lipinski definition) is 7. The third kappa shape index (κ3) is 3.81. The lowest BCUT2D eigenvalue weighted by molar-refractivity contribution is 0.553. The first-order chi connectivity index (χ1) is 16.2. The molecule has 0 aliphatic rings. The number of fused-ring (bicyclic) bond motifs is 2. The van der Waals surface area contributed by atoms with Gasteiger partial charge >= 0.3 is 0 Å². The van der Waals surface area contributed by atoms with Crippen LogP contribution in [0, 0.1) is 6.92 Å². The molecule has 2 N–H and O–H groups in total. The minimum atomic E-state index is -0.0382. The number of aryl methyl sites for hydroxylation is 2. The standard InChI is InChI=1S/C26H28N8/c1-15-7-9-18-23(22(15)16-8-10-19-17(11-16)13-28-25(27-5)31-19)29-14-30-24(18)32-21-12-20(26(2,3)4)33-34(21)6/h7-14H,1-6H3,(H,27,28,31)(H,29,30,32). The largest absolute Gasteiger partial charge is 0.357 e. The van der Waals surface area contributed by atoms with Gasteiger partial charge in [-0.25, -0.2) is 19.9 Å². The van der Waals surface area contributed by atoms with Gasteiger partial charge in [-0.3, -0.25) is 4.68 Å². The van der Waals surface area contributed by atoms with Gasteiger partial charge in [-0.15, -0.1) is 0 Å². The Morgan fingerprint density at radius 3 is 2.53 bits per heavy atom. The molecule has 0 atom stereocenters. The maximum absolute atomic E-state index is 4.68. The fourth-order valence-corrected chi connectivity index (χ4v) is 4.08. The van der Waals surface area contributed by atoms with Gasteiger partial charge in [0.2, 0.25) is 5.95 Å². The SMILES string of the molecule is CNc1ncc2cc(-c3c(C)ccc4c(Nc5cc(C(C)(C)C)nn5C)ncnc34)ccc2n1. The highest BCUT2D eigenvalue weighted by molar-refractivity contribution is 6.02. The first-order valence-electron chi connectivity index (χ1n) is 11.3. The van der Waals surface area contributed by atoms with Crippen molar-refractivity contribution in [3.05, 3.63) is 60.2 Å². The molecule has 0 unspecified atom stereocenters. The van der Waals surface area contributed by atoms with E-state index >= 15 is 0 Å². The predicted octanol–water partition coefficient (Wildman–Crippen LogP) is 5.36. The molecule has 3 heterocycles. The van der Waals surface area contributed by atoms with Crippen LogP contribution >= 0.6 is 0 Å². The van der Waals surface area contributed by atoms with E-state index in [0.29, 0.717) is 5.95 Å². The molecule has 0 aliphatic carbocycles. The van der Waals surface area contributed by atoms with Gasteiger partial charge in [0.15, 0.2) is 0 Å². The quantitative estimate of drug-likeness (QED) is 0.379. The van der Waals surface area contributed by atoms with Crippen molar-refractivity contribution in [2.75, 3.05) is 17.7 Å². The van der Waals surface area contributed by atoms with Crippen molar-refractivity contribution < 1.29 is 0 Å². The normalized spacial score (nSPS) is 11.8. The minimum Gasteiger partial charge on any atom is -0.357 e. The van der Waals surface area contributed by atoms with E-state index in [0.717, 1.165) is 55.8 Å². The summed E-state index contributed by atoms with van der Waals surface area (Å²) in [5, 5.41) is 13.1. The highest BCUT2D eigenvalue weighted by Crippen LogP contribution is 2.35. The van der Waals surface area contributed by atoms with Crippen molar-refractivity contribution in [3.63, 3.8) is 0 Å². The average molecular weight is 453 g/mol. The number of anilines is 3. The van der Waals surface area contributed by atoms with Gasteiger partial charge in [0, 0.05) is 48.1 Å². The van der Waals surface area contributed by atoms with Crippen LogP contribution in [0.25, 0.3) is 32.9 Å². The van der Waals surface area contributed by atoms with Gasteiger partial charge in [-0.2, -0.15) is 5.10 Å². The van der Waals surface area contributed by atoms with Crippen molar-refractivity contribution >= 4 is 39.4 Å². The highest BCUT2D eigenvalue weighted by atomic mass is 15.3.